The molecule has 3 heteroatoms. The molecule has 2 N–H and O–H groups in total. The molecule has 1 nitrogen and oxygen atoms in total. The lowest BCUT2D eigenvalue weighted by molar-refractivity contribution is -0.701. The molecule has 0 saturated carbocycles. The van der Waals surface area contributed by atoms with Crippen molar-refractivity contribution < 1.29 is 5.32 Å². The molecule has 0 amide bonds. The van der Waals surface area contributed by atoms with Gasteiger partial charge in [0.1, 0.15) is 6.54 Å². The van der Waals surface area contributed by atoms with Gasteiger partial charge in [0.25, 0.3) is 0 Å². The fourth-order valence-electron chi connectivity index (χ4n) is 1.21. The predicted molar refractivity (Wildman–Crippen MR) is 61.8 cm³/mol. The maximum atomic E-state index is 6.05. The van der Waals surface area contributed by atoms with Crippen LogP contribution in [0.2, 0.25) is 10.0 Å². The second kappa shape index (κ2) is 5.59. The first-order chi connectivity index (χ1) is 6.65. The maximum Gasteiger partial charge on any atom is 0.104 e. The Labute approximate surface area is 95.4 Å². The standard InChI is InChI=1S/C11H15Cl2N/c1-3-8(2)14-7-9-10(12)5-4-6-11(9)13/h4-6,8,14H,3,7H2,1-2H3/p+1/t8-/m1/s1. The number of hydrogen-bond donors (Lipinski definition) is 1. The average Bonchev–Trinajstić information content (AvgIpc) is 2.16. The molecule has 0 aliphatic carbocycles. The summed E-state index contributed by atoms with van der Waals surface area (Å²) in [4.78, 5) is 0. The number of halogens is 2. The van der Waals surface area contributed by atoms with E-state index in [1.54, 1.807) is 0 Å². The van der Waals surface area contributed by atoms with Crippen molar-refractivity contribution in [1.29, 1.82) is 0 Å². The quantitative estimate of drug-likeness (QED) is 0.823. The van der Waals surface area contributed by atoms with Gasteiger partial charge in [0, 0.05) is 5.56 Å². The van der Waals surface area contributed by atoms with Crippen LogP contribution in [0.25, 0.3) is 0 Å². The molecular formula is C11H16Cl2N+. The Hall–Kier alpha value is -0.240. The SMILES string of the molecule is CC[C@@H](C)[NH2+]Cc1c(Cl)cccc1Cl. The Morgan fingerprint density at radius 2 is 1.86 bits per heavy atom. The topological polar surface area (TPSA) is 16.6 Å². The van der Waals surface area contributed by atoms with E-state index in [0.717, 1.165) is 28.6 Å². The Kier molecular flexibility index (Phi) is 4.73. The van der Waals surface area contributed by atoms with Gasteiger partial charge < -0.3 is 5.32 Å². The van der Waals surface area contributed by atoms with Gasteiger partial charge in [0.15, 0.2) is 0 Å². The zero-order valence-electron chi connectivity index (χ0n) is 8.56. The number of nitrogens with two attached hydrogens (primary N) is 1. The van der Waals surface area contributed by atoms with Gasteiger partial charge in [-0.2, -0.15) is 0 Å². The van der Waals surface area contributed by atoms with Crippen molar-refractivity contribution in [1.82, 2.24) is 0 Å². The van der Waals surface area contributed by atoms with E-state index in [-0.39, 0.29) is 0 Å². The Balaban J connectivity index is 2.66. The third-order valence-electron chi connectivity index (χ3n) is 2.43. The molecule has 0 spiro atoms. The molecule has 0 aliphatic heterocycles. The normalized spacial score (nSPS) is 12.9. The maximum absolute atomic E-state index is 6.05. The molecular weight excluding hydrogens is 217 g/mol. The van der Waals surface area contributed by atoms with Gasteiger partial charge in [-0.25, -0.2) is 0 Å². The number of rotatable bonds is 4. The minimum atomic E-state index is 0.613. The molecule has 1 atom stereocenters. The third kappa shape index (κ3) is 3.16. The Bertz CT molecular complexity index is 279. The zero-order chi connectivity index (χ0) is 10.6. The largest absolute Gasteiger partial charge is 0.340 e. The van der Waals surface area contributed by atoms with Gasteiger partial charge in [-0.15, -0.1) is 0 Å². The predicted octanol–water partition coefficient (Wildman–Crippen LogP) is 2.86. The highest BCUT2D eigenvalue weighted by molar-refractivity contribution is 6.35. The molecule has 1 aromatic carbocycles. The first-order valence-corrected chi connectivity index (χ1v) is 5.67. The van der Waals surface area contributed by atoms with Gasteiger partial charge in [-0.05, 0) is 25.5 Å². The van der Waals surface area contributed by atoms with Gasteiger partial charge in [0.2, 0.25) is 0 Å². The van der Waals surface area contributed by atoms with Gasteiger partial charge in [-0.1, -0.05) is 36.2 Å². The van der Waals surface area contributed by atoms with Crippen molar-refractivity contribution in [3.8, 4) is 0 Å². The summed E-state index contributed by atoms with van der Waals surface area (Å²) < 4.78 is 0. The molecule has 0 radical (unpaired) electrons. The summed E-state index contributed by atoms with van der Waals surface area (Å²) in [5.41, 5.74) is 1.04. The van der Waals surface area contributed by atoms with E-state index in [9.17, 15) is 0 Å². The molecule has 0 heterocycles. The first kappa shape index (κ1) is 11.8. The second-order valence-corrected chi connectivity index (χ2v) is 4.34. The van der Waals surface area contributed by atoms with Crippen LogP contribution in [0.5, 0.6) is 0 Å². The lowest BCUT2D eigenvalue weighted by Gasteiger charge is -2.10. The van der Waals surface area contributed by atoms with E-state index in [0.29, 0.717) is 6.04 Å². The van der Waals surface area contributed by atoms with E-state index >= 15 is 0 Å². The highest BCUT2D eigenvalue weighted by atomic mass is 35.5. The monoisotopic (exact) mass is 232 g/mol. The van der Waals surface area contributed by atoms with Crippen LogP contribution in [0.4, 0.5) is 0 Å². The minimum absolute atomic E-state index is 0.613. The van der Waals surface area contributed by atoms with Gasteiger partial charge in [-0.3, -0.25) is 0 Å². The first-order valence-electron chi connectivity index (χ1n) is 4.91. The van der Waals surface area contributed by atoms with Crippen molar-refractivity contribution in [2.75, 3.05) is 0 Å². The summed E-state index contributed by atoms with van der Waals surface area (Å²) in [5.74, 6) is 0. The molecule has 0 unspecified atom stereocenters. The average molecular weight is 233 g/mol. The summed E-state index contributed by atoms with van der Waals surface area (Å²) in [5, 5.41) is 3.78. The molecule has 78 valence electrons. The van der Waals surface area contributed by atoms with E-state index < -0.39 is 0 Å². The summed E-state index contributed by atoms with van der Waals surface area (Å²) in [6.07, 6.45) is 1.15. The van der Waals surface area contributed by atoms with Crippen molar-refractivity contribution in [3.63, 3.8) is 0 Å². The summed E-state index contributed by atoms with van der Waals surface area (Å²) in [6.45, 7) is 5.23. The van der Waals surface area contributed by atoms with Crippen LogP contribution in [-0.4, -0.2) is 6.04 Å². The summed E-state index contributed by atoms with van der Waals surface area (Å²) in [6, 6.07) is 6.25. The van der Waals surface area contributed by atoms with E-state index in [4.69, 9.17) is 23.2 Å². The fraction of sp³-hybridized carbons (Fsp3) is 0.455. The molecule has 0 aromatic heterocycles. The highest BCUT2D eigenvalue weighted by Gasteiger charge is 2.08. The Morgan fingerprint density at radius 1 is 1.29 bits per heavy atom. The van der Waals surface area contributed by atoms with Crippen molar-refractivity contribution in [2.24, 2.45) is 0 Å². The van der Waals surface area contributed by atoms with Crippen LogP contribution in [0.15, 0.2) is 18.2 Å². The molecule has 1 rings (SSSR count). The highest BCUT2D eigenvalue weighted by Crippen LogP contribution is 2.22. The number of benzene rings is 1. The molecule has 14 heavy (non-hydrogen) atoms. The van der Waals surface area contributed by atoms with E-state index in [1.807, 2.05) is 18.2 Å². The van der Waals surface area contributed by atoms with Gasteiger partial charge in [0.05, 0.1) is 16.1 Å². The zero-order valence-corrected chi connectivity index (χ0v) is 10.1. The number of hydrogen-bond acceptors (Lipinski definition) is 0. The molecule has 0 saturated heterocycles. The van der Waals surface area contributed by atoms with Crippen LogP contribution in [0.3, 0.4) is 0 Å². The molecule has 1 aromatic rings. The van der Waals surface area contributed by atoms with E-state index in [1.165, 1.54) is 0 Å². The minimum Gasteiger partial charge on any atom is -0.340 e. The Morgan fingerprint density at radius 3 is 2.36 bits per heavy atom. The van der Waals surface area contributed by atoms with Crippen LogP contribution in [0.1, 0.15) is 25.8 Å². The molecule has 0 aliphatic rings. The van der Waals surface area contributed by atoms with Crippen molar-refractivity contribution >= 4 is 23.2 Å². The third-order valence-corrected chi connectivity index (χ3v) is 3.14. The van der Waals surface area contributed by atoms with Crippen LogP contribution in [-0.2, 0) is 6.54 Å². The fourth-order valence-corrected chi connectivity index (χ4v) is 1.76. The lowest BCUT2D eigenvalue weighted by Crippen LogP contribution is -2.87. The second-order valence-electron chi connectivity index (χ2n) is 3.53. The summed E-state index contributed by atoms with van der Waals surface area (Å²) >= 11 is 12.1. The number of quaternary nitrogens is 1. The van der Waals surface area contributed by atoms with Crippen LogP contribution >= 0.6 is 23.2 Å². The molecule has 0 fully saturated rings. The van der Waals surface area contributed by atoms with E-state index in [2.05, 4.69) is 19.2 Å². The smallest absolute Gasteiger partial charge is 0.104 e. The van der Waals surface area contributed by atoms with Crippen LogP contribution in [0, 0.1) is 0 Å². The molecule has 0 bridgehead atoms. The van der Waals surface area contributed by atoms with Crippen molar-refractivity contribution in [3.05, 3.63) is 33.8 Å². The lowest BCUT2D eigenvalue weighted by atomic mass is 10.2. The van der Waals surface area contributed by atoms with Gasteiger partial charge >= 0.3 is 0 Å². The van der Waals surface area contributed by atoms with Crippen molar-refractivity contribution in [2.45, 2.75) is 32.9 Å². The summed E-state index contributed by atoms with van der Waals surface area (Å²) in [7, 11) is 0. The van der Waals surface area contributed by atoms with Crippen LogP contribution < -0.4 is 5.32 Å².